The van der Waals surface area contributed by atoms with E-state index in [1.165, 1.54) is 32.1 Å². The number of rotatable bonds is 0. The zero-order valence-electron chi connectivity index (χ0n) is 7.50. The van der Waals surface area contributed by atoms with E-state index in [4.69, 9.17) is 0 Å². The van der Waals surface area contributed by atoms with Crippen LogP contribution in [0.25, 0.3) is 0 Å². The van der Waals surface area contributed by atoms with Crippen LogP contribution in [0.2, 0.25) is 0 Å². The molecule has 1 aliphatic rings. The van der Waals surface area contributed by atoms with Crippen molar-refractivity contribution in [1.82, 2.24) is 0 Å². The standard InChI is InChI=1S/C6H11.C5H5.Zr/c1-2-4-6-5-3-1;1-2-4-5-3-1;/h1H,2-6H2;1-5H;/q2*-1;+2. The Morgan fingerprint density at radius 3 is 1.58 bits per heavy atom. The summed E-state index contributed by atoms with van der Waals surface area (Å²) >= 11 is 0. The van der Waals surface area contributed by atoms with Gasteiger partial charge in [0, 0.05) is 0 Å². The van der Waals surface area contributed by atoms with Gasteiger partial charge in [0.05, 0.1) is 0 Å². The average Bonchev–Trinajstić information content (AvgIpc) is 2.64. The predicted octanol–water partition coefficient (Wildman–Crippen LogP) is 3.56. The molecule has 1 heteroatoms. The van der Waals surface area contributed by atoms with Crippen LogP contribution >= 0.6 is 0 Å². The molecule has 0 atom stereocenters. The van der Waals surface area contributed by atoms with E-state index in [0.29, 0.717) is 0 Å². The van der Waals surface area contributed by atoms with Crippen LogP contribution in [0.3, 0.4) is 0 Å². The van der Waals surface area contributed by atoms with Crippen molar-refractivity contribution < 1.29 is 26.2 Å². The molecule has 0 heterocycles. The molecule has 0 N–H and O–H groups in total. The summed E-state index contributed by atoms with van der Waals surface area (Å²) in [6, 6.07) is 10.0. The summed E-state index contributed by atoms with van der Waals surface area (Å²) in [6.45, 7) is 0. The molecule has 0 bridgehead atoms. The monoisotopic (exact) mass is 238 g/mol. The van der Waals surface area contributed by atoms with Crippen LogP contribution in [0, 0.1) is 6.42 Å². The molecule has 0 radical (unpaired) electrons. The van der Waals surface area contributed by atoms with Crippen molar-refractivity contribution in [3.8, 4) is 0 Å². The molecule has 1 fully saturated rings. The molecule has 12 heavy (non-hydrogen) atoms. The Kier molecular flexibility index (Phi) is 9.50. The maximum atomic E-state index is 2.39. The van der Waals surface area contributed by atoms with Gasteiger partial charge < -0.3 is 6.42 Å². The van der Waals surface area contributed by atoms with Crippen LogP contribution in [-0.2, 0) is 26.2 Å². The van der Waals surface area contributed by atoms with Crippen molar-refractivity contribution in [2.75, 3.05) is 0 Å². The van der Waals surface area contributed by atoms with Crippen LogP contribution in [0.1, 0.15) is 32.1 Å². The summed E-state index contributed by atoms with van der Waals surface area (Å²) < 4.78 is 0. The van der Waals surface area contributed by atoms with Gasteiger partial charge in [0.1, 0.15) is 0 Å². The van der Waals surface area contributed by atoms with Gasteiger partial charge in [-0.2, -0.15) is 31.0 Å². The van der Waals surface area contributed by atoms with Crippen LogP contribution in [0.5, 0.6) is 0 Å². The Balaban J connectivity index is 0.000000189. The number of hydrogen-bond acceptors (Lipinski definition) is 0. The Bertz CT molecular complexity index is 111. The van der Waals surface area contributed by atoms with E-state index in [1.54, 1.807) is 0 Å². The molecular formula is C11H16Zr. The fourth-order valence-electron chi connectivity index (χ4n) is 1.22. The minimum Gasteiger partial charge on any atom is -0.328 e. The van der Waals surface area contributed by atoms with E-state index in [9.17, 15) is 0 Å². The van der Waals surface area contributed by atoms with E-state index < -0.39 is 0 Å². The van der Waals surface area contributed by atoms with E-state index >= 15 is 0 Å². The van der Waals surface area contributed by atoms with Gasteiger partial charge in [-0.15, -0.1) is 0 Å². The van der Waals surface area contributed by atoms with E-state index in [2.05, 4.69) is 6.42 Å². The quantitative estimate of drug-likeness (QED) is 0.607. The minimum atomic E-state index is 0. The van der Waals surface area contributed by atoms with Gasteiger partial charge in [-0.1, -0.05) is 19.3 Å². The van der Waals surface area contributed by atoms with E-state index in [0.717, 1.165) is 0 Å². The van der Waals surface area contributed by atoms with Crippen LogP contribution in [-0.4, -0.2) is 0 Å². The second-order valence-electron chi connectivity index (χ2n) is 2.89. The molecular weight excluding hydrogens is 223 g/mol. The maximum Gasteiger partial charge on any atom is 2.00 e. The molecule has 1 aromatic rings. The molecule has 2 rings (SSSR count). The summed E-state index contributed by atoms with van der Waals surface area (Å²) in [6.07, 6.45) is 9.50. The SMILES string of the molecule is [CH-]1CCCCC1.[Zr+2].c1cc[cH-]c1. The van der Waals surface area contributed by atoms with Gasteiger partial charge in [0.15, 0.2) is 0 Å². The first-order valence-electron chi connectivity index (χ1n) is 4.48. The van der Waals surface area contributed by atoms with Crippen molar-refractivity contribution in [2.45, 2.75) is 32.1 Å². The molecule has 1 saturated carbocycles. The van der Waals surface area contributed by atoms with Gasteiger partial charge in [-0.3, -0.25) is 0 Å². The van der Waals surface area contributed by atoms with Crippen molar-refractivity contribution in [3.05, 3.63) is 36.8 Å². The van der Waals surface area contributed by atoms with Crippen molar-refractivity contribution in [1.29, 1.82) is 0 Å². The first kappa shape index (κ1) is 12.2. The minimum absolute atomic E-state index is 0. The average molecular weight is 239 g/mol. The van der Waals surface area contributed by atoms with Gasteiger partial charge in [-0.25, -0.2) is 12.1 Å². The van der Waals surface area contributed by atoms with Gasteiger partial charge in [-0.05, 0) is 0 Å². The third kappa shape index (κ3) is 6.91. The van der Waals surface area contributed by atoms with E-state index in [1.807, 2.05) is 30.3 Å². The molecule has 0 unspecified atom stereocenters. The summed E-state index contributed by atoms with van der Waals surface area (Å²) in [5.41, 5.74) is 0. The maximum absolute atomic E-state index is 2.39. The molecule has 1 aromatic carbocycles. The van der Waals surface area contributed by atoms with Gasteiger partial charge >= 0.3 is 26.2 Å². The normalized spacial score (nSPS) is 15.3. The summed E-state index contributed by atoms with van der Waals surface area (Å²) in [4.78, 5) is 0. The molecule has 64 valence electrons. The zero-order valence-corrected chi connectivity index (χ0v) is 9.96. The van der Waals surface area contributed by atoms with Gasteiger partial charge in [0.2, 0.25) is 0 Å². The first-order valence-corrected chi connectivity index (χ1v) is 4.48. The Morgan fingerprint density at radius 1 is 0.833 bits per heavy atom. The largest absolute Gasteiger partial charge is 2.00 e. The molecule has 0 aliphatic heterocycles. The van der Waals surface area contributed by atoms with Crippen molar-refractivity contribution in [3.63, 3.8) is 0 Å². The molecule has 0 nitrogen and oxygen atoms in total. The topological polar surface area (TPSA) is 0 Å². The van der Waals surface area contributed by atoms with Crippen LogP contribution in [0.15, 0.2) is 30.3 Å². The third-order valence-corrected chi connectivity index (χ3v) is 1.87. The molecule has 0 amide bonds. The Hall–Kier alpha value is 0.233. The van der Waals surface area contributed by atoms with Gasteiger partial charge in [0.25, 0.3) is 0 Å². The number of hydrogen-bond donors (Lipinski definition) is 0. The predicted molar refractivity (Wildman–Crippen MR) is 49.4 cm³/mol. The molecule has 0 aromatic heterocycles. The third-order valence-electron chi connectivity index (χ3n) is 1.87. The van der Waals surface area contributed by atoms with Crippen molar-refractivity contribution >= 4 is 0 Å². The summed E-state index contributed by atoms with van der Waals surface area (Å²) in [7, 11) is 0. The van der Waals surface area contributed by atoms with E-state index in [-0.39, 0.29) is 26.2 Å². The second kappa shape index (κ2) is 9.32. The smallest absolute Gasteiger partial charge is 0.328 e. The Labute approximate surface area is 94.9 Å². The fourth-order valence-corrected chi connectivity index (χ4v) is 1.22. The molecule has 1 aliphatic carbocycles. The summed E-state index contributed by atoms with van der Waals surface area (Å²) in [5, 5.41) is 0. The fraction of sp³-hybridized carbons (Fsp3) is 0.455. The molecule has 0 spiro atoms. The van der Waals surface area contributed by atoms with Crippen molar-refractivity contribution in [2.24, 2.45) is 0 Å². The zero-order chi connectivity index (χ0) is 7.78. The second-order valence-corrected chi connectivity index (χ2v) is 2.89. The molecule has 0 saturated heterocycles. The first-order chi connectivity index (χ1) is 5.50. The summed E-state index contributed by atoms with van der Waals surface area (Å²) in [5.74, 6) is 0. The Morgan fingerprint density at radius 2 is 1.42 bits per heavy atom. The van der Waals surface area contributed by atoms with Crippen LogP contribution < -0.4 is 0 Å². The van der Waals surface area contributed by atoms with Crippen LogP contribution in [0.4, 0.5) is 0 Å².